The van der Waals surface area contributed by atoms with Gasteiger partial charge in [-0.2, -0.15) is 4.31 Å². The number of pyridine rings is 1. The maximum Gasteiger partial charge on any atom is 0.243 e. The number of ether oxygens (including phenoxy) is 1. The molecule has 0 aliphatic rings. The average Bonchev–Trinajstić information content (AvgIpc) is 3.15. The summed E-state index contributed by atoms with van der Waals surface area (Å²) < 4.78 is 51.4. The van der Waals surface area contributed by atoms with Crippen molar-refractivity contribution in [3.05, 3.63) is 78.3 Å². The molecule has 8 heteroatoms. The van der Waals surface area contributed by atoms with E-state index in [2.05, 4.69) is 4.98 Å². The molecule has 26 heavy (non-hydrogen) atoms. The topological polar surface area (TPSA) is 72.6 Å². The lowest BCUT2D eigenvalue weighted by molar-refractivity contribution is 0.355. The summed E-state index contributed by atoms with van der Waals surface area (Å²) in [6, 6.07) is 12.1. The standard InChI is InChI=1S/C18H17FN2O4S/c1-24-18-8-7-16(11-17(18)19)26(22,23)21(13-15-6-4-10-25-15)12-14-5-2-3-9-20-14/h2-11H,12-13H2,1H3. The Bertz CT molecular complexity index is 960. The lowest BCUT2D eigenvalue weighted by atomic mass is 10.3. The first-order chi connectivity index (χ1) is 12.5. The van der Waals surface area contributed by atoms with Crippen molar-refractivity contribution in [3.63, 3.8) is 0 Å². The monoisotopic (exact) mass is 376 g/mol. The summed E-state index contributed by atoms with van der Waals surface area (Å²) in [6.45, 7) is 0.0249. The molecule has 0 bridgehead atoms. The number of furan rings is 1. The highest BCUT2D eigenvalue weighted by Gasteiger charge is 2.27. The number of aromatic nitrogens is 1. The molecule has 0 amide bonds. The number of methoxy groups -OCH3 is 1. The summed E-state index contributed by atoms with van der Waals surface area (Å²) in [5.41, 5.74) is 0.566. The van der Waals surface area contributed by atoms with Crippen molar-refractivity contribution in [2.24, 2.45) is 0 Å². The number of halogens is 1. The number of rotatable bonds is 7. The van der Waals surface area contributed by atoms with E-state index in [1.54, 1.807) is 36.5 Å². The number of sulfonamides is 1. The van der Waals surface area contributed by atoms with Crippen LogP contribution in [-0.2, 0) is 23.1 Å². The molecule has 0 atom stereocenters. The van der Waals surface area contributed by atoms with E-state index in [4.69, 9.17) is 9.15 Å². The number of hydrogen-bond donors (Lipinski definition) is 0. The van der Waals surface area contributed by atoms with Crippen LogP contribution in [0.4, 0.5) is 4.39 Å². The van der Waals surface area contributed by atoms with Gasteiger partial charge in [-0.3, -0.25) is 4.98 Å². The molecule has 2 heterocycles. The number of benzene rings is 1. The molecule has 136 valence electrons. The van der Waals surface area contributed by atoms with Crippen LogP contribution in [0.15, 0.2) is 70.3 Å². The van der Waals surface area contributed by atoms with Crippen LogP contribution in [0.25, 0.3) is 0 Å². The van der Waals surface area contributed by atoms with Crippen molar-refractivity contribution < 1.29 is 22.0 Å². The zero-order valence-corrected chi connectivity index (χ0v) is 14.8. The molecule has 3 rings (SSSR count). The van der Waals surface area contributed by atoms with E-state index < -0.39 is 15.8 Å². The normalized spacial score (nSPS) is 11.7. The van der Waals surface area contributed by atoms with E-state index in [0.29, 0.717) is 11.5 Å². The van der Waals surface area contributed by atoms with Crippen LogP contribution in [0.5, 0.6) is 5.75 Å². The second-order valence-corrected chi connectivity index (χ2v) is 7.41. The zero-order valence-electron chi connectivity index (χ0n) is 14.0. The van der Waals surface area contributed by atoms with Crippen molar-refractivity contribution in [3.8, 4) is 5.75 Å². The Morgan fingerprint density at radius 1 is 1.15 bits per heavy atom. The molecular weight excluding hydrogens is 359 g/mol. The molecule has 1 aromatic carbocycles. The Hall–Kier alpha value is -2.71. The van der Waals surface area contributed by atoms with Gasteiger partial charge in [-0.15, -0.1) is 0 Å². The maximum atomic E-state index is 14.0. The summed E-state index contributed by atoms with van der Waals surface area (Å²) in [5.74, 6) is -0.297. The van der Waals surface area contributed by atoms with E-state index >= 15 is 0 Å². The highest BCUT2D eigenvalue weighted by atomic mass is 32.2. The summed E-state index contributed by atoms with van der Waals surface area (Å²) in [6.07, 6.45) is 3.05. The average molecular weight is 376 g/mol. The van der Waals surface area contributed by atoms with Gasteiger partial charge in [-0.1, -0.05) is 6.07 Å². The Morgan fingerprint density at radius 2 is 2.00 bits per heavy atom. The van der Waals surface area contributed by atoms with Gasteiger partial charge in [0, 0.05) is 6.20 Å². The summed E-state index contributed by atoms with van der Waals surface area (Å²) in [5, 5.41) is 0. The third-order valence-corrected chi connectivity index (χ3v) is 5.53. The SMILES string of the molecule is COc1ccc(S(=O)(=O)N(Cc2ccccn2)Cc2ccco2)cc1F. The molecule has 0 aliphatic carbocycles. The minimum Gasteiger partial charge on any atom is -0.494 e. The fourth-order valence-corrected chi connectivity index (χ4v) is 3.82. The van der Waals surface area contributed by atoms with Gasteiger partial charge >= 0.3 is 0 Å². The first-order valence-corrected chi connectivity index (χ1v) is 9.20. The fourth-order valence-electron chi connectivity index (χ4n) is 2.43. The maximum absolute atomic E-state index is 14.0. The quantitative estimate of drug-likeness (QED) is 0.633. The van der Waals surface area contributed by atoms with E-state index in [-0.39, 0.29) is 23.7 Å². The Morgan fingerprint density at radius 3 is 2.62 bits per heavy atom. The molecule has 0 N–H and O–H groups in total. The van der Waals surface area contributed by atoms with Crippen LogP contribution >= 0.6 is 0 Å². The van der Waals surface area contributed by atoms with Gasteiger partial charge < -0.3 is 9.15 Å². The van der Waals surface area contributed by atoms with E-state index in [0.717, 1.165) is 6.07 Å². The predicted molar refractivity (Wildman–Crippen MR) is 92.3 cm³/mol. The molecule has 2 aromatic heterocycles. The van der Waals surface area contributed by atoms with Crippen molar-refractivity contribution in [1.29, 1.82) is 0 Å². The third kappa shape index (κ3) is 3.92. The van der Waals surface area contributed by atoms with Gasteiger partial charge in [0.25, 0.3) is 0 Å². The van der Waals surface area contributed by atoms with Crippen molar-refractivity contribution in [2.45, 2.75) is 18.0 Å². The van der Waals surface area contributed by atoms with Gasteiger partial charge in [0.05, 0.1) is 37.1 Å². The molecule has 3 aromatic rings. The molecule has 0 saturated heterocycles. The van der Waals surface area contributed by atoms with Gasteiger partial charge in [-0.05, 0) is 42.5 Å². The zero-order chi connectivity index (χ0) is 18.6. The highest BCUT2D eigenvalue weighted by molar-refractivity contribution is 7.89. The van der Waals surface area contributed by atoms with Crippen molar-refractivity contribution in [2.75, 3.05) is 7.11 Å². The summed E-state index contributed by atoms with van der Waals surface area (Å²) >= 11 is 0. The van der Waals surface area contributed by atoms with Crippen molar-refractivity contribution in [1.82, 2.24) is 9.29 Å². The molecule has 0 saturated carbocycles. The first kappa shape index (κ1) is 18.1. The Kier molecular flexibility index (Phi) is 5.34. The minimum atomic E-state index is -3.99. The first-order valence-electron chi connectivity index (χ1n) is 7.76. The van der Waals surface area contributed by atoms with Crippen LogP contribution in [-0.4, -0.2) is 24.8 Å². The molecule has 0 unspecified atom stereocenters. The fraction of sp³-hybridized carbons (Fsp3) is 0.167. The lowest BCUT2D eigenvalue weighted by Gasteiger charge is -2.21. The van der Waals surface area contributed by atoms with Crippen LogP contribution in [0.1, 0.15) is 11.5 Å². The van der Waals surface area contributed by atoms with Crippen LogP contribution in [0.2, 0.25) is 0 Å². The van der Waals surface area contributed by atoms with Crippen LogP contribution < -0.4 is 4.74 Å². The number of hydrogen-bond acceptors (Lipinski definition) is 5. The highest BCUT2D eigenvalue weighted by Crippen LogP contribution is 2.25. The third-order valence-electron chi connectivity index (χ3n) is 3.74. The van der Waals surface area contributed by atoms with Gasteiger partial charge in [0.1, 0.15) is 5.76 Å². The van der Waals surface area contributed by atoms with Crippen LogP contribution in [0.3, 0.4) is 0 Å². The van der Waals surface area contributed by atoms with Gasteiger partial charge in [0.15, 0.2) is 11.6 Å². The number of nitrogens with zero attached hydrogens (tertiary/aromatic N) is 2. The molecular formula is C18H17FN2O4S. The smallest absolute Gasteiger partial charge is 0.243 e. The summed E-state index contributed by atoms with van der Waals surface area (Å²) in [7, 11) is -2.67. The van der Waals surface area contributed by atoms with Crippen molar-refractivity contribution >= 4 is 10.0 Å². The second-order valence-electron chi connectivity index (χ2n) is 5.47. The molecule has 0 spiro atoms. The van der Waals surface area contributed by atoms with Crippen LogP contribution in [0, 0.1) is 5.82 Å². The molecule has 6 nitrogen and oxygen atoms in total. The second kappa shape index (κ2) is 7.67. The minimum absolute atomic E-state index is 0.000441. The van der Waals surface area contributed by atoms with E-state index in [9.17, 15) is 12.8 Å². The molecule has 0 aliphatic heterocycles. The van der Waals surface area contributed by atoms with E-state index in [1.807, 2.05) is 0 Å². The largest absolute Gasteiger partial charge is 0.494 e. The van der Waals surface area contributed by atoms with E-state index in [1.165, 1.54) is 29.8 Å². The van der Waals surface area contributed by atoms with Gasteiger partial charge in [0.2, 0.25) is 10.0 Å². The Balaban J connectivity index is 1.97. The molecule has 0 fully saturated rings. The van der Waals surface area contributed by atoms with Gasteiger partial charge in [-0.25, -0.2) is 12.8 Å². The Labute approximate surface area is 150 Å². The lowest BCUT2D eigenvalue weighted by Crippen LogP contribution is -2.30. The predicted octanol–water partition coefficient (Wildman–Crippen LogP) is 3.21. The molecule has 0 radical (unpaired) electrons. The summed E-state index contributed by atoms with van der Waals surface area (Å²) in [4.78, 5) is 4.00.